The number of rotatable bonds is 4. The summed E-state index contributed by atoms with van der Waals surface area (Å²) in [5.74, 6) is -0.212. The largest absolute Gasteiger partial charge is 0.409 e. The third kappa shape index (κ3) is 3.43. The van der Waals surface area contributed by atoms with Crippen molar-refractivity contribution in [1.82, 2.24) is 5.32 Å². The van der Waals surface area contributed by atoms with Gasteiger partial charge in [-0.05, 0) is 12.1 Å². The molecule has 16 heavy (non-hydrogen) atoms. The topological polar surface area (TPSA) is 87.7 Å². The Morgan fingerprint density at radius 2 is 2.19 bits per heavy atom. The van der Waals surface area contributed by atoms with Gasteiger partial charge in [-0.25, -0.2) is 0 Å². The first-order chi connectivity index (χ1) is 7.65. The van der Waals surface area contributed by atoms with E-state index in [4.69, 9.17) is 22.5 Å². The van der Waals surface area contributed by atoms with Crippen LogP contribution in [0.15, 0.2) is 29.4 Å². The van der Waals surface area contributed by atoms with Crippen LogP contribution in [0.1, 0.15) is 16.8 Å². The van der Waals surface area contributed by atoms with Gasteiger partial charge < -0.3 is 16.3 Å². The Hall–Kier alpha value is -1.75. The van der Waals surface area contributed by atoms with Crippen LogP contribution in [-0.4, -0.2) is 23.5 Å². The number of halogens is 1. The van der Waals surface area contributed by atoms with Gasteiger partial charge in [0.15, 0.2) is 0 Å². The lowest BCUT2D eigenvalue weighted by atomic mass is 10.2. The van der Waals surface area contributed by atoms with Crippen molar-refractivity contribution in [3.63, 3.8) is 0 Å². The molecule has 0 aliphatic carbocycles. The Labute approximate surface area is 97.9 Å². The quantitative estimate of drug-likeness (QED) is 0.320. The van der Waals surface area contributed by atoms with E-state index in [2.05, 4.69) is 10.5 Å². The minimum Gasteiger partial charge on any atom is -0.409 e. The molecule has 0 radical (unpaired) electrons. The molecule has 0 aliphatic rings. The molecule has 1 aromatic rings. The predicted octanol–water partition coefficient (Wildman–Crippen LogP) is 1.21. The molecule has 0 saturated carbocycles. The summed E-state index contributed by atoms with van der Waals surface area (Å²) < 4.78 is 0. The second-order valence-electron chi connectivity index (χ2n) is 3.08. The Bertz CT molecular complexity index is 407. The Balaban J connectivity index is 2.51. The molecular weight excluding hydrogens is 230 g/mol. The third-order valence-electron chi connectivity index (χ3n) is 1.91. The van der Waals surface area contributed by atoms with E-state index in [1.807, 2.05) is 0 Å². The lowest BCUT2D eigenvalue weighted by molar-refractivity contribution is 0.0955. The highest BCUT2D eigenvalue weighted by molar-refractivity contribution is 6.33. The van der Waals surface area contributed by atoms with Gasteiger partial charge in [0.2, 0.25) is 0 Å². The highest BCUT2D eigenvalue weighted by Gasteiger charge is 2.08. The van der Waals surface area contributed by atoms with Gasteiger partial charge in [0.25, 0.3) is 5.91 Å². The molecule has 1 aromatic carbocycles. The molecule has 1 amide bonds. The molecule has 4 N–H and O–H groups in total. The minimum atomic E-state index is -0.281. The van der Waals surface area contributed by atoms with Gasteiger partial charge in [-0.1, -0.05) is 28.9 Å². The smallest absolute Gasteiger partial charge is 0.252 e. The summed E-state index contributed by atoms with van der Waals surface area (Å²) in [6.07, 6.45) is 0.284. The van der Waals surface area contributed by atoms with Crippen molar-refractivity contribution in [1.29, 1.82) is 0 Å². The molecule has 0 atom stereocenters. The lowest BCUT2D eigenvalue weighted by Crippen LogP contribution is -2.28. The summed E-state index contributed by atoms with van der Waals surface area (Å²) >= 11 is 5.84. The Morgan fingerprint density at radius 1 is 1.50 bits per heavy atom. The molecule has 86 valence electrons. The van der Waals surface area contributed by atoms with Crippen LogP contribution in [-0.2, 0) is 0 Å². The lowest BCUT2D eigenvalue weighted by Gasteiger charge is -2.05. The summed E-state index contributed by atoms with van der Waals surface area (Å²) in [4.78, 5) is 11.6. The molecule has 6 heteroatoms. The summed E-state index contributed by atoms with van der Waals surface area (Å²) in [5.41, 5.74) is 5.66. The Kier molecular flexibility index (Phi) is 4.60. The van der Waals surface area contributed by atoms with Crippen molar-refractivity contribution < 1.29 is 10.0 Å². The molecule has 0 heterocycles. The number of hydrogen-bond donors (Lipinski definition) is 3. The van der Waals surface area contributed by atoms with Crippen LogP contribution in [0.3, 0.4) is 0 Å². The molecule has 1 rings (SSSR count). The van der Waals surface area contributed by atoms with Crippen molar-refractivity contribution in [2.24, 2.45) is 10.9 Å². The number of carbonyl (C=O) groups is 1. The third-order valence-corrected chi connectivity index (χ3v) is 2.24. The SMILES string of the molecule is NC(CCNC(=O)c1ccccc1Cl)=NO. The first-order valence-electron chi connectivity index (χ1n) is 4.64. The number of oxime groups is 1. The van der Waals surface area contributed by atoms with Gasteiger partial charge in [0.1, 0.15) is 5.84 Å². The van der Waals surface area contributed by atoms with Crippen LogP contribution in [0.2, 0.25) is 5.02 Å². The van der Waals surface area contributed by atoms with Gasteiger partial charge in [-0.2, -0.15) is 0 Å². The fraction of sp³-hybridized carbons (Fsp3) is 0.200. The van der Waals surface area contributed by atoms with Gasteiger partial charge in [0, 0.05) is 13.0 Å². The number of carbonyl (C=O) groups excluding carboxylic acids is 1. The number of nitrogens with two attached hydrogens (primary N) is 1. The van der Waals surface area contributed by atoms with E-state index in [1.165, 1.54) is 0 Å². The number of amides is 1. The monoisotopic (exact) mass is 241 g/mol. The number of nitrogens with zero attached hydrogens (tertiary/aromatic N) is 1. The first-order valence-corrected chi connectivity index (χ1v) is 5.02. The zero-order valence-corrected chi connectivity index (χ0v) is 9.24. The highest BCUT2D eigenvalue weighted by Crippen LogP contribution is 2.14. The van der Waals surface area contributed by atoms with Crippen LogP contribution < -0.4 is 11.1 Å². The van der Waals surface area contributed by atoms with E-state index in [9.17, 15) is 4.79 Å². The molecule has 0 aliphatic heterocycles. The Morgan fingerprint density at radius 3 is 2.81 bits per heavy atom. The second kappa shape index (κ2) is 5.97. The number of benzene rings is 1. The van der Waals surface area contributed by atoms with Crippen molar-refractivity contribution in [3.05, 3.63) is 34.9 Å². The molecule has 0 fully saturated rings. The average Bonchev–Trinajstić information content (AvgIpc) is 2.29. The normalized spacial score (nSPS) is 11.2. The van der Waals surface area contributed by atoms with Crippen LogP contribution in [0, 0.1) is 0 Å². The van der Waals surface area contributed by atoms with E-state index >= 15 is 0 Å². The van der Waals surface area contributed by atoms with Crippen molar-refractivity contribution in [2.75, 3.05) is 6.54 Å². The maximum Gasteiger partial charge on any atom is 0.252 e. The summed E-state index contributed by atoms with van der Waals surface area (Å²) in [6, 6.07) is 6.74. The maximum atomic E-state index is 11.6. The van der Waals surface area contributed by atoms with Gasteiger partial charge in [0.05, 0.1) is 10.6 Å². The highest BCUT2D eigenvalue weighted by atomic mass is 35.5. The van der Waals surface area contributed by atoms with E-state index in [0.717, 1.165) is 0 Å². The van der Waals surface area contributed by atoms with Gasteiger partial charge in [-0.15, -0.1) is 0 Å². The summed E-state index contributed by atoms with van der Waals surface area (Å²) in [5, 5.41) is 14.1. The number of hydrogen-bond acceptors (Lipinski definition) is 3. The summed E-state index contributed by atoms with van der Waals surface area (Å²) in [7, 11) is 0. The standard InChI is InChI=1S/C10H12ClN3O2/c11-8-4-2-1-3-7(8)10(15)13-6-5-9(12)14-16/h1-4,16H,5-6H2,(H2,12,14)(H,13,15). The van der Waals surface area contributed by atoms with Crippen LogP contribution >= 0.6 is 11.6 Å². The molecule has 5 nitrogen and oxygen atoms in total. The van der Waals surface area contributed by atoms with E-state index in [1.54, 1.807) is 24.3 Å². The molecule has 0 unspecified atom stereocenters. The van der Waals surface area contributed by atoms with Crippen LogP contribution in [0.5, 0.6) is 0 Å². The first kappa shape index (κ1) is 12.3. The maximum absolute atomic E-state index is 11.6. The van der Waals surface area contributed by atoms with Crippen LogP contribution in [0.4, 0.5) is 0 Å². The molecule has 0 aromatic heterocycles. The molecule has 0 bridgehead atoms. The van der Waals surface area contributed by atoms with Gasteiger partial charge in [-0.3, -0.25) is 4.79 Å². The minimum absolute atomic E-state index is 0.0689. The van der Waals surface area contributed by atoms with Crippen molar-refractivity contribution >= 4 is 23.3 Å². The summed E-state index contributed by atoms with van der Waals surface area (Å²) in [6.45, 7) is 0.292. The second-order valence-corrected chi connectivity index (χ2v) is 3.48. The average molecular weight is 242 g/mol. The molecule has 0 saturated heterocycles. The zero-order chi connectivity index (χ0) is 12.0. The number of nitrogens with one attached hydrogen (secondary N) is 1. The fourth-order valence-electron chi connectivity index (χ4n) is 1.09. The predicted molar refractivity (Wildman–Crippen MR) is 61.8 cm³/mol. The van der Waals surface area contributed by atoms with Crippen LogP contribution in [0.25, 0.3) is 0 Å². The molecule has 0 spiro atoms. The van der Waals surface area contributed by atoms with Crippen molar-refractivity contribution in [3.8, 4) is 0 Å². The van der Waals surface area contributed by atoms with Crippen molar-refractivity contribution in [2.45, 2.75) is 6.42 Å². The zero-order valence-electron chi connectivity index (χ0n) is 8.48. The van der Waals surface area contributed by atoms with E-state index in [-0.39, 0.29) is 18.2 Å². The van der Waals surface area contributed by atoms with E-state index < -0.39 is 0 Å². The van der Waals surface area contributed by atoms with E-state index in [0.29, 0.717) is 17.1 Å². The van der Waals surface area contributed by atoms with Gasteiger partial charge >= 0.3 is 0 Å². The number of amidine groups is 1. The molecular formula is C10H12ClN3O2. The fourth-order valence-corrected chi connectivity index (χ4v) is 1.32.